The summed E-state index contributed by atoms with van der Waals surface area (Å²) in [6, 6.07) is 7.16. The number of hydrogen-bond acceptors (Lipinski definition) is 6. The van der Waals surface area contributed by atoms with Gasteiger partial charge in [-0.1, -0.05) is 12.0 Å². The molecule has 1 fully saturated rings. The molecule has 0 radical (unpaired) electrons. The number of alkyl halides is 3. The number of aryl methyl sites for hydroxylation is 1. The minimum Gasteiger partial charge on any atom is -0.383 e. The summed E-state index contributed by atoms with van der Waals surface area (Å²) >= 11 is 0. The lowest BCUT2D eigenvalue weighted by Crippen LogP contribution is -2.32. The van der Waals surface area contributed by atoms with E-state index in [4.69, 9.17) is 10.8 Å². The molecule has 0 saturated carbocycles. The van der Waals surface area contributed by atoms with Gasteiger partial charge in [-0.2, -0.15) is 18.3 Å². The van der Waals surface area contributed by atoms with Crippen molar-refractivity contribution in [2.45, 2.75) is 32.0 Å². The zero-order valence-corrected chi connectivity index (χ0v) is 21.7. The lowest BCUT2D eigenvalue weighted by atomic mass is 10.1. The van der Waals surface area contributed by atoms with Crippen molar-refractivity contribution < 1.29 is 22.4 Å². The van der Waals surface area contributed by atoms with Gasteiger partial charge in [-0.25, -0.2) is 19.0 Å². The van der Waals surface area contributed by atoms with Gasteiger partial charge in [-0.05, 0) is 81.7 Å². The van der Waals surface area contributed by atoms with E-state index in [0.29, 0.717) is 40.1 Å². The maximum atomic E-state index is 13.6. The highest BCUT2D eigenvalue weighted by Gasteiger charge is 2.34. The summed E-state index contributed by atoms with van der Waals surface area (Å²) in [5.41, 5.74) is 7.05. The van der Waals surface area contributed by atoms with E-state index in [1.807, 2.05) is 11.6 Å². The van der Waals surface area contributed by atoms with Crippen LogP contribution in [-0.4, -0.2) is 50.7 Å². The van der Waals surface area contributed by atoms with Crippen molar-refractivity contribution >= 4 is 28.4 Å². The molecule has 0 spiro atoms. The number of rotatable bonds is 3. The molecule has 0 atom stereocenters. The topological polar surface area (TPSA) is 102 Å². The second kappa shape index (κ2) is 10.6. The van der Waals surface area contributed by atoms with Gasteiger partial charge < -0.3 is 16.0 Å². The molecule has 1 aliphatic rings. The number of amides is 1. The lowest BCUT2D eigenvalue weighted by molar-refractivity contribution is -0.140. The number of benzene rings is 2. The van der Waals surface area contributed by atoms with Crippen LogP contribution in [-0.2, 0) is 6.18 Å². The Balaban J connectivity index is 1.44. The Kier molecular flexibility index (Phi) is 7.16. The number of hydrogen-bond donors (Lipinski definition) is 2. The summed E-state index contributed by atoms with van der Waals surface area (Å²) in [7, 11) is 2.08. The molecule has 0 unspecified atom stereocenters. The van der Waals surface area contributed by atoms with Crippen molar-refractivity contribution in [3.63, 3.8) is 0 Å². The molecule has 2 aromatic carbocycles. The number of fused-ring (bicyclic) bond motifs is 1. The molecule has 3 N–H and O–H groups in total. The summed E-state index contributed by atoms with van der Waals surface area (Å²) in [6.45, 7) is 3.69. The molecule has 206 valence electrons. The van der Waals surface area contributed by atoms with Gasteiger partial charge in [0.2, 0.25) is 0 Å². The van der Waals surface area contributed by atoms with Crippen molar-refractivity contribution in [1.29, 1.82) is 0 Å². The van der Waals surface area contributed by atoms with Crippen LogP contribution in [0.2, 0.25) is 0 Å². The minimum atomic E-state index is -4.92. The van der Waals surface area contributed by atoms with Crippen molar-refractivity contribution in [2.75, 3.05) is 31.2 Å². The Morgan fingerprint density at radius 2 is 1.85 bits per heavy atom. The quantitative estimate of drug-likeness (QED) is 0.280. The fourth-order valence-electron chi connectivity index (χ4n) is 4.63. The van der Waals surface area contributed by atoms with Crippen LogP contribution in [0.25, 0.3) is 11.0 Å². The predicted octanol–water partition coefficient (Wildman–Crippen LogP) is 4.79. The fourth-order valence-corrected chi connectivity index (χ4v) is 4.63. The molecular formula is C28H25F4N7O. The first-order valence-corrected chi connectivity index (χ1v) is 12.5. The van der Waals surface area contributed by atoms with E-state index < -0.39 is 23.5 Å². The number of piperidine rings is 1. The zero-order chi connectivity index (χ0) is 28.6. The van der Waals surface area contributed by atoms with Crippen molar-refractivity contribution in [2.24, 2.45) is 0 Å². The van der Waals surface area contributed by atoms with Crippen molar-refractivity contribution in [1.82, 2.24) is 24.6 Å². The Morgan fingerprint density at radius 1 is 1.10 bits per heavy atom. The zero-order valence-electron chi connectivity index (χ0n) is 21.7. The number of nitrogens with two attached hydrogens (primary N) is 1. The van der Waals surface area contributed by atoms with E-state index in [1.54, 1.807) is 18.2 Å². The van der Waals surface area contributed by atoms with E-state index in [-0.39, 0.29) is 17.4 Å². The van der Waals surface area contributed by atoms with Crippen LogP contribution < -0.4 is 11.1 Å². The van der Waals surface area contributed by atoms with Crippen LogP contribution in [0, 0.1) is 24.6 Å². The SMILES string of the molecule is Cc1ccc(NC(=O)c2ccc(F)c(C(F)(F)F)c2)cc1C#Cc1nn(C2CCN(C)CC2)c2ncnc(N)c12. The van der Waals surface area contributed by atoms with Crippen LogP contribution in [0.5, 0.6) is 0 Å². The molecule has 0 aliphatic carbocycles. The van der Waals surface area contributed by atoms with Gasteiger partial charge in [-0.15, -0.1) is 0 Å². The second-order valence-electron chi connectivity index (χ2n) is 9.71. The largest absolute Gasteiger partial charge is 0.419 e. The van der Waals surface area contributed by atoms with E-state index in [0.717, 1.165) is 37.6 Å². The Labute approximate surface area is 227 Å². The molecule has 5 rings (SSSR count). The number of carbonyl (C=O) groups is 1. The van der Waals surface area contributed by atoms with Crippen molar-refractivity contribution in [3.8, 4) is 11.8 Å². The molecule has 40 heavy (non-hydrogen) atoms. The summed E-state index contributed by atoms with van der Waals surface area (Å²) in [4.78, 5) is 23.4. The van der Waals surface area contributed by atoms with Crippen molar-refractivity contribution in [3.05, 3.63) is 76.5 Å². The first-order chi connectivity index (χ1) is 19.0. The maximum absolute atomic E-state index is 13.6. The molecule has 12 heteroatoms. The highest BCUT2D eigenvalue weighted by Crippen LogP contribution is 2.32. The standard InChI is InChI=1S/C28H25F4N7O/c1-16-3-6-19(36-27(40)18-4-7-22(29)21(14-18)28(30,31)32)13-17(16)5-8-23-24-25(33)34-15-35-26(24)39(37-23)20-9-11-38(2)12-10-20/h3-4,6-7,13-15,20H,9-12H2,1-2H3,(H,36,40)(H2,33,34,35). The number of nitrogens with zero attached hydrogens (tertiary/aromatic N) is 5. The summed E-state index contributed by atoms with van der Waals surface area (Å²) in [6.07, 6.45) is -1.71. The third-order valence-electron chi connectivity index (χ3n) is 6.90. The molecule has 2 aromatic heterocycles. The van der Waals surface area contributed by atoms with Crippen LogP contribution in [0.15, 0.2) is 42.7 Å². The third kappa shape index (κ3) is 5.46. The number of nitrogen functional groups attached to an aromatic ring is 1. The van der Waals surface area contributed by atoms with Gasteiger partial charge in [-0.3, -0.25) is 4.79 Å². The average molecular weight is 552 g/mol. The third-order valence-corrected chi connectivity index (χ3v) is 6.90. The number of halogens is 4. The van der Waals surface area contributed by atoms with Gasteiger partial charge in [0.05, 0.1) is 17.0 Å². The monoisotopic (exact) mass is 551 g/mol. The first-order valence-electron chi connectivity index (χ1n) is 12.5. The normalized spacial score (nSPS) is 14.7. The molecule has 8 nitrogen and oxygen atoms in total. The van der Waals surface area contributed by atoms with E-state index >= 15 is 0 Å². The summed E-state index contributed by atoms with van der Waals surface area (Å²) in [5.74, 6) is 4.13. The number of carbonyl (C=O) groups excluding carboxylic acids is 1. The van der Waals surface area contributed by atoms with Crippen LogP contribution in [0.3, 0.4) is 0 Å². The molecule has 1 aliphatic heterocycles. The van der Waals surface area contributed by atoms with Gasteiger partial charge in [0.15, 0.2) is 5.65 Å². The fraction of sp³-hybridized carbons (Fsp3) is 0.286. The molecular weight excluding hydrogens is 526 g/mol. The van der Waals surface area contributed by atoms with E-state index in [9.17, 15) is 22.4 Å². The number of likely N-dealkylation sites (tertiary alicyclic amines) is 1. The highest BCUT2D eigenvalue weighted by molar-refractivity contribution is 6.04. The van der Waals surface area contributed by atoms with Crippen LogP contribution in [0.1, 0.15) is 51.6 Å². The Bertz CT molecular complexity index is 1660. The van der Waals surface area contributed by atoms with E-state index in [1.165, 1.54) is 6.33 Å². The average Bonchev–Trinajstić information content (AvgIpc) is 3.29. The van der Waals surface area contributed by atoms with Gasteiger partial charge in [0.25, 0.3) is 5.91 Å². The first kappa shape index (κ1) is 27.1. The molecule has 1 saturated heterocycles. The molecule has 4 aromatic rings. The number of aromatic nitrogens is 4. The van der Waals surface area contributed by atoms with Crippen LogP contribution in [0.4, 0.5) is 29.1 Å². The van der Waals surface area contributed by atoms with Gasteiger partial charge >= 0.3 is 6.18 Å². The summed E-state index contributed by atoms with van der Waals surface area (Å²) < 4.78 is 54.7. The highest BCUT2D eigenvalue weighted by atomic mass is 19.4. The van der Waals surface area contributed by atoms with E-state index in [2.05, 4.69) is 39.1 Å². The van der Waals surface area contributed by atoms with Gasteiger partial charge in [0.1, 0.15) is 23.7 Å². The second-order valence-corrected chi connectivity index (χ2v) is 9.71. The lowest BCUT2D eigenvalue weighted by Gasteiger charge is -2.29. The summed E-state index contributed by atoms with van der Waals surface area (Å²) in [5, 5.41) is 7.85. The predicted molar refractivity (Wildman–Crippen MR) is 142 cm³/mol. The smallest absolute Gasteiger partial charge is 0.383 e. The van der Waals surface area contributed by atoms with Gasteiger partial charge in [0, 0.05) is 16.8 Å². The maximum Gasteiger partial charge on any atom is 0.419 e. The minimum absolute atomic E-state index is 0.146. The molecule has 0 bridgehead atoms. The number of anilines is 2. The molecule has 3 heterocycles. The number of nitrogens with one attached hydrogen (secondary N) is 1. The molecule has 1 amide bonds. The van der Waals surface area contributed by atoms with Crippen LogP contribution >= 0.6 is 0 Å². The Morgan fingerprint density at radius 3 is 2.58 bits per heavy atom. The Hall–Kier alpha value is -4.50.